The Balaban J connectivity index is 2.04. The Morgan fingerprint density at radius 1 is 0.867 bits per heavy atom. The van der Waals surface area contributed by atoms with Crippen molar-refractivity contribution >= 4 is 11.8 Å². The monoisotopic (exact) mass is 416 g/mol. The van der Waals surface area contributed by atoms with Gasteiger partial charge in [-0.25, -0.2) is 0 Å². The van der Waals surface area contributed by atoms with Crippen molar-refractivity contribution < 1.29 is 33.2 Å². The minimum Gasteiger partial charge on any atom is -0.497 e. The third-order valence-corrected chi connectivity index (χ3v) is 4.54. The van der Waals surface area contributed by atoms with Gasteiger partial charge in [0.25, 0.3) is 0 Å². The van der Waals surface area contributed by atoms with Gasteiger partial charge in [0.05, 0.1) is 35.5 Å². The molecule has 1 heterocycles. The summed E-state index contributed by atoms with van der Waals surface area (Å²) in [6.07, 6.45) is -0.791. The Hall–Kier alpha value is -3.62. The maximum Gasteiger partial charge on any atom is 0.243 e. The van der Waals surface area contributed by atoms with E-state index in [0.29, 0.717) is 39.9 Å². The molecule has 9 heteroatoms. The molecule has 1 aliphatic heterocycles. The quantitative estimate of drug-likeness (QED) is 0.686. The van der Waals surface area contributed by atoms with Crippen LogP contribution in [0.15, 0.2) is 35.4 Å². The maximum absolute atomic E-state index is 12.3. The van der Waals surface area contributed by atoms with Crippen molar-refractivity contribution in [3.05, 3.63) is 41.5 Å². The molecule has 1 amide bonds. The third-order valence-electron chi connectivity index (χ3n) is 4.54. The molecule has 0 aromatic heterocycles. The van der Waals surface area contributed by atoms with E-state index in [1.165, 1.54) is 33.3 Å². The van der Waals surface area contributed by atoms with Gasteiger partial charge in [-0.15, -0.1) is 5.10 Å². The normalized spacial score (nSPS) is 15.2. The number of hydrazone groups is 1. The molecule has 0 saturated carbocycles. The van der Waals surface area contributed by atoms with Gasteiger partial charge in [0.1, 0.15) is 11.5 Å². The Morgan fingerprint density at radius 3 is 1.87 bits per heavy atom. The lowest BCUT2D eigenvalue weighted by atomic mass is 10.1. The molecule has 1 unspecified atom stereocenters. The zero-order valence-corrected chi connectivity index (χ0v) is 17.7. The highest BCUT2D eigenvalue weighted by molar-refractivity contribution is 5.97. The Bertz CT molecular complexity index is 927. The number of methoxy groups -OCH3 is 5. The van der Waals surface area contributed by atoms with Crippen LogP contribution in [0.25, 0.3) is 0 Å². The minimum absolute atomic E-state index is 0.233. The molecule has 0 aliphatic carbocycles. The number of hydrogen-bond acceptors (Lipinski definition) is 8. The van der Waals surface area contributed by atoms with E-state index >= 15 is 0 Å². The van der Waals surface area contributed by atoms with Crippen molar-refractivity contribution in [3.8, 4) is 28.7 Å². The van der Waals surface area contributed by atoms with E-state index in [1.807, 2.05) is 0 Å². The number of carbonyl (C=O) groups excluding carboxylic acids is 1. The summed E-state index contributed by atoms with van der Waals surface area (Å²) in [5, 5.41) is 5.63. The molecule has 2 aromatic carbocycles. The fraction of sp³-hybridized carbons (Fsp3) is 0.333. The Morgan fingerprint density at radius 2 is 1.43 bits per heavy atom. The zero-order chi connectivity index (χ0) is 21.8. The van der Waals surface area contributed by atoms with Gasteiger partial charge in [0.15, 0.2) is 11.5 Å². The van der Waals surface area contributed by atoms with Gasteiger partial charge in [0.2, 0.25) is 23.8 Å². The summed E-state index contributed by atoms with van der Waals surface area (Å²) in [5.74, 6) is 2.41. The summed E-state index contributed by atoms with van der Waals surface area (Å²) in [7, 11) is 7.66. The minimum atomic E-state index is -0.791. The molecule has 0 radical (unpaired) electrons. The number of nitrogens with zero attached hydrogens (tertiary/aromatic N) is 2. The Kier molecular flexibility index (Phi) is 6.20. The molecular formula is C21H24N2O7. The largest absolute Gasteiger partial charge is 0.497 e. The molecule has 30 heavy (non-hydrogen) atoms. The molecular weight excluding hydrogens is 392 g/mol. The summed E-state index contributed by atoms with van der Waals surface area (Å²) in [5.41, 5.74) is 1.21. The van der Waals surface area contributed by atoms with Crippen LogP contribution in [0.2, 0.25) is 0 Å². The molecule has 3 rings (SSSR count). The van der Waals surface area contributed by atoms with Crippen molar-refractivity contribution in [2.45, 2.75) is 13.2 Å². The van der Waals surface area contributed by atoms with Crippen LogP contribution >= 0.6 is 0 Å². The number of ether oxygens (including phenoxy) is 6. The predicted molar refractivity (Wildman–Crippen MR) is 109 cm³/mol. The molecule has 0 fully saturated rings. The number of amides is 1. The molecule has 9 nitrogen and oxygen atoms in total. The van der Waals surface area contributed by atoms with Gasteiger partial charge < -0.3 is 28.4 Å². The first kappa shape index (κ1) is 21.1. The van der Waals surface area contributed by atoms with Gasteiger partial charge in [-0.05, 0) is 24.3 Å². The fourth-order valence-electron chi connectivity index (χ4n) is 3.08. The van der Waals surface area contributed by atoms with Crippen LogP contribution in [0.3, 0.4) is 0 Å². The first-order valence-electron chi connectivity index (χ1n) is 9.04. The van der Waals surface area contributed by atoms with Crippen molar-refractivity contribution in [2.75, 3.05) is 35.5 Å². The summed E-state index contributed by atoms with van der Waals surface area (Å²) < 4.78 is 32.9. The summed E-state index contributed by atoms with van der Waals surface area (Å²) >= 11 is 0. The fourth-order valence-corrected chi connectivity index (χ4v) is 3.08. The first-order valence-corrected chi connectivity index (χ1v) is 9.04. The van der Waals surface area contributed by atoms with Crippen molar-refractivity contribution in [2.24, 2.45) is 5.10 Å². The molecule has 1 aliphatic rings. The van der Waals surface area contributed by atoms with E-state index in [-0.39, 0.29) is 11.8 Å². The molecule has 2 aromatic rings. The standard InChI is InChI=1S/C21H24N2O7/c1-12(24)23-21(14-7-15(25-2)11-16(8-14)26-3)30-20(22-23)13-9-17(27-4)19(29-6)18(10-13)28-5/h7-11,21H,1-6H3. The number of rotatable bonds is 7. The smallest absolute Gasteiger partial charge is 0.243 e. The highest BCUT2D eigenvalue weighted by Gasteiger charge is 2.34. The SMILES string of the molecule is COc1cc(OC)cc(C2OC(c3cc(OC)c(OC)c(OC)c3)=NN2C(C)=O)c1. The van der Waals surface area contributed by atoms with E-state index in [4.69, 9.17) is 28.4 Å². The predicted octanol–water partition coefficient (Wildman–Crippen LogP) is 2.97. The van der Waals surface area contributed by atoms with Gasteiger partial charge >= 0.3 is 0 Å². The van der Waals surface area contributed by atoms with Gasteiger partial charge in [-0.1, -0.05) is 0 Å². The molecule has 0 saturated heterocycles. The molecule has 0 N–H and O–H groups in total. The van der Waals surface area contributed by atoms with E-state index in [9.17, 15) is 4.79 Å². The van der Waals surface area contributed by atoms with Crippen LogP contribution in [-0.2, 0) is 9.53 Å². The van der Waals surface area contributed by atoms with Crippen LogP contribution in [0, 0.1) is 0 Å². The topological polar surface area (TPSA) is 88.1 Å². The molecule has 0 spiro atoms. The lowest BCUT2D eigenvalue weighted by Gasteiger charge is -2.20. The lowest BCUT2D eigenvalue weighted by Crippen LogP contribution is -2.25. The van der Waals surface area contributed by atoms with Crippen molar-refractivity contribution in [3.63, 3.8) is 0 Å². The van der Waals surface area contributed by atoms with Crippen LogP contribution in [0.1, 0.15) is 24.3 Å². The van der Waals surface area contributed by atoms with Gasteiger partial charge in [-0.3, -0.25) is 4.79 Å². The number of benzene rings is 2. The van der Waals surface area contributed by atoms with Crippen LogP contribution in [-0.4, -0.2) is 52.4 Å². The second kappa shape index (κ2) is 8.81. The van der Waals surface area contributed by atoms with Gasteiger partial charge in [0, 0.05) is 24.1 Å². The number of carbonyl (C=O) groups is 1. The molecule has 0 bridgehead atoms. The highest BCUT2D eigenvalue weighted by atomic mass is 16.5. The second-order valence-corrected chi connectivity index (χ2v) is 6.30. The van der Waals surface area contributed by atoms with Crippen LogP contribution in [0.5, 0.6) is 28.7 Å². The van der Waals surface area contributed by atoms with Crippen molar-refractivity contribution in [1.82, 2.24) is 5.01 Å². The lowest BCUT2D eigenvalue weighted by molar-refractivity contribution is -0.135. The third kappa shape index (κ3) is 3.91. The average Bonchev–Trinajstić information content (AvgIpc) is 3.23. The first-order chi connectivity index (χ1) is 14.4. The van der Waals surface area contributed by atoms with Crippen LogP contribution in [0.4, 0.5) is 0 Å². The Labute approximate surface area is 174 Å². The van der Waals surface area contributed by atoms with Gasteiger partial charge in [-0.2, -0.15) is 5.01 Å². The summed E-state index contributed by atoms with van der Waals surface area (Å²) in [6.45, 7) is 1.41. The van der Waals surface area contributed by atoms with E-state index < -0.39 is 6.23 Å². The maximum atomic E-state index is 12.3. The zero-order valence-electron chi connectivity index (χ0n) is 17.7. The molecule has 1 atom stereocenters. The summed E-state index contributed by atoms with van der Waals surface area (Å²) in [6, 6.07) is 8.66. The molecule has 160 valence electrons. The van der Waals surface area contributed by atoms with E-state index in [2.05, 4.69) is 5.10 Å². The van der Waals surface area contributed by atoms with E-state index in [1.54, 1.807) is 44.6 Å². The number of hydrogen-bond donors (Lipinski definition) is 0. The second-order valence-electron chi connectivity index (χ2n) is 6.30. The summed E-state index contributed by atoms with van der Waals surface area (Å²) in [4.78, 5) is 12.3. The van der Waals surface area contributed by atoms with Crippen LogP contribution < -0.4 is 23.7 Å². The highest BCUT2D eigenvalue weighted by Crippen LogP contribution is 2.40. The van der Waals surface area contributed by atoms with Crippen molar-refractivity contribution in [1.29, 1.82) is 0 Å². The van der Waals surface area contributed by atoms with E-state index in [0.717, 1.165) is 0 Å². The average molecular weight is 416 g/mol.